The lowest BCUT2D eigenvalue weighted by molar-refractivity contribution is 0.271. The number of hydrogen-bond donors (Lipinski definition) is 2. The minimum absolute atomic E-state index is 0.00486. The molecule has 0 aliphatic heterocycles. The Morgan fingerprint density at radius 2 is 2.29 bits per heavy atom. The Bertz CT molecular complexity index is 348. The van der Waals surface area contributed by atoms with Crippen molar-refractivity contribution in [1.29, 1.82) is 0 Å². The molecule has 1 rings (SSSR count). The highest BCUT2D eigenvalue weighted by Gasteiger charge is 2.01. The van der Waals surface area contributed by atoms with E-state index in [9.17, 15) is 0 Å². The summed E-state index contributed by atoms with van der Waals surface area (Å²) < 4.78 is 0. The van der Waals surface area contributed by atoms with E-state index in [0.717, 1.165) is 11.3 Å². The van der Waals surface area contributed by atoms with Crippen LogP contribution in [-0.2, 0) is 4.84 Å². The Hall–Kier alpha value is -1.26. The van der Waals surface area contributed by atoms with Gasteiger partial charge < -0.3 is 5.73 Å². The zero-order valence-corrected chi connectivity index (χ0v) is 8.80. The molecule has 3 N–H and O–H groups in total. The molecule has 0 aliphatic rings. The summed E-state index contributed by atoms with van der Waals surface area (Å²) in [4.78, 5) is 8.74. The molecule has 0 heterocycles. The number of nitrogens with zero attached hydrogens (tertiary/aromatic N) is 1. The zero-order chi connectivity index (χ0) is 10.6. The summed E-state index contributed by atoms with van der Waals surface area (Å²) in [5, 5.41) is -0.00486. The average Bonchev–Trinajstić information content (AvgIpc) is 2.09. The third-order valence-electron chi connectivity index (χ3n) is 1.59. The van der Waals surface area contributed by atoms with Crippen LogP contribution in [0.3, 0.4) is 0 Å². The molecular formula is C9H12ClN3O. The van der Waals surface area contributed by atoms with Gasteiger partial charge in [-0.3, -0.25) is 10.3 Å². The number of nitrogens with one attached hydrogen (secondary N) is 1. The van der Waals surface area contributed by atoms with Gasteiger partial charge in [0.1, 0.15) is 0 Å². The van der Waals surface area contributed by atoms with Crippen molar-refractivity contribution in [2.75, 3.05) is 12.6 Å². The number of aryl methyl sites for hydroxylation is 1. The number of aliphatic imine (C=N–C) groups is 1. The number of rotatable bonds is 3. The summed E-state index contributed by atoms with van der Waals surface area (Å²) in [5.41, 5.74) is 10.4. The molecule has 0 bridgehead atoms. The molecule has 0 saturated carbocycles. The summed E-state index contributed by atoms with van der Waals surface area (Å²) in [6.45, 7) is 1.96. The smallest absolute Gasteiger partial charge is 0.193 e. The number of benzene rings is 1. The normalized spacial score (nSPS) is 11.5. The van der Waals surface area contributed by atoms with Crippen molar-refractivity contribution in [3.05, 3.63) is 23.8 Å². The Labute approximate surface area is 87.7 Å². The van der Waals surface area contributed by atoms with Crippen LogP contribution in [0, 0.1) is 6.92 Å². The number of anilines is 1. The highest BCUT2D eigenvalue weighted by atomic mass is 35.5. The average molecular weight is 214 g/mol. The van der Waals surface area contributed by atoms with E-state index in [0.29, 0.717) is 5.69 Å². The van der Waals surface area contributed by atoms with Crippen molar-refractivity contribution in [3.63, 3.8) is 0 Å². The van der Waals surface area contributed by atoms with E-state index in [4.69, 9.17) is 22.2 Å². The topological polar surface area (TPSA) is 59.6 Å². The number of nitrogens with two attached hydrogens (primary N) is 1. The van der Waals surface area contributed by atoms with E-state index in [2.05, 4.69) is 10.5 Å². The monoisotopic (exact) mass is 213 g/mol. The summed E-state index contributed by atoms with van der Waals surface area (Å²) in [7, 11) is 1.53. The predicted octanol–water partition coefficient (Wildman–Crippen LogP) is 2.15. The molecule has 5 heteroatoms. The highest BCUT2D eigenvalue weighted by Crippen LogP contribution is 2.26. The number of amidine groups is 1. The van der Waals surface area contributed by atoms with Crippen LogP contribution < -0.4 is 11.2 Å². The first kappa shape index (κ1) is 10.8. The van der Waals surface area contributed by atoms with Crippen LogP contribution in [0.5, 0.6) is 0 Å². The van der Waals surface area contributed by atoms with Crippen molar-refractivity contribution >= 4 is 28.3 Å². The molecular weight excluding hydrogens is 202 g/mol. The molecule has 0 aromatic heterocycles. The van der Waals surface area contributed by atoms with Gasteiger partial charge in [0.25, 0.3) is 0 Å². The molecule has 1 aromatic carbocycles. The second kappa shape index (κ2) is 4.83. The van der Waals surface area contributed by atoms with Crippen LogP contribution in [0.1, 0.15) is 5.56 Å². The number of hydrogen-bond acceptors (Lipinski definition) is 3. The van der Waals surface area contributed by atoms with Gasteiger partial charge in [-0.1, -0.05) is 6.07 Å². The molecule has 0 saturated heterocycles. The molecule has 1 aromatic rings. The van der Waals surface area contributed by atoms with Gasteiger partial charge in [0.15, 0.2) is 5.29 Å². The van der Waals surface area contributed by atoms with Crippen LogP contribution in [-0.4, -0.2) is 12.4 Å². The molecule has 0 radical (unpaired) electrons. The van der Waals surface area contributed by atoms with Gasteiger partial charge in [-0.25, -0.2) is 4.99 Å². The van der Waals surface area contributed by atoms with E-state index in [-0.39, 0.29) is 5.29 Å². The van der Waals surface area contributed by atoms with Gasteiger partial charge in [0.2, 0.25) is 0 Å². The first-order valence-corrected chi connectivity index (χ1v) is 4.40. The molecule has 0 fully saturated rings. The SMILES string of the molecule is CONc1ccc(C)cc1N=C(N)Cl. The van der Waals surface area contributed by atoms with Crippen molar-refractivity contribution < 1.29 is 4.84 Å². The summed E-state index contributed by atoms with van der Waals surface area (Å²) in [5.74, 6) is 0. The van der Waals surface area contributed by atoms with Crippen LogP contribution >= 0.6 is 11.6 Å². The maximum atomic E-state index is 5.50. The second-order valence-corrected chi connectivity index (χ2v) is 3.15. The zero-order valence-electron chi connectivity index (χ0n) is 8.04. The fourth-order valence-corrected chi connectivity index (χ4v) is 1.14. The van der Waals surface area contributed by atoms with E-state index in [1.54, 1.807) is 0 Å². The van der Waals surface area contributed by atoms with Crippen molar-refractivity contribution in [3.8, 4) is 0 Å². The van der Waals surface area contributed by atoms with Crippen LogP contribution in [0.25, 0.3) is 0 Å². The summed E-state index contributed by atoms with van der Waals surface area (Å²) >= 11 is 5.50. The standard InChI is InChI=1S/C9H12ClN3O/c1-6-3-4-7(13-14-2)8(5-6)12-9(10)11/h3-5,13H,1-2H3,(H2,11,12). The van der Waals surface area contributed by atoms with Crippen molar-refractivity contribution in [2.45, 2.75) is 6.92 Å². The molecule has 14 heavy (non-hydrogen) atoms. The Balaban J connectivity index is 3.09. The van der Waals surface area contributed by atoms with Gasteiger partial charge >= 0.3 is 0 Å². The maximum Gasteiger partial charge on any atom is 0.193 e. The van der Waals surface area contributed by atoms with Crippen LogP contribution in [0.2, 0.25) is 0 Å². The van der Waals surface area contributed by atoms with Gasteiger partial charge in [-0.05, 0) is 36.2 Å². The number of halogens is 1. The minimum Gasteiger partial charge on any atom is -0.374 e. The highest BCUT2D eigenvalue weighted by molar-refractivity contribution is 6.64. The van der Waals surface area contributed by atoms with Gasteiger partial charge in [-0.2, -0.15) is 0 Å². The second-order valence-electron chi connectivity index (χ2n) is 2.76. The molecule has 0 amide bonds. The fraction of sp³-hybridized carbons (Fsp3) is 0.222. The quantitative estimate of drug-likeness (QED) is 0.350. The molecule has 0 atom stereocenters. The van der Waals surface area contributed by atoms with E-state index in [1.165, 1.54) is 7.11 Å². The van der Waals surface area contributed by atoms with Crippen molar-refractivity contribution in [2.24, 2.45) is 10.7 Å². The van der Waals surface area contributed by atoms with E-state index in [1.807, 2.05) is 25.1 Å². The molecule has 76 valence electrons. The van der Waals surface area contributed by atoms with Crippen molar-refractivity contribution in [1.82, 2.24) is 0 Å². The Morgan fingerprint density at radius 3 is 2.86 bits per heavy atom. The maximum absolute atomic E-state index is 5.50. The van der Waals surface area contributed by atoms with Gasteiger partial charge in [0.05, 0.1) is 18.5 Å². The minimum atomic E-state index is -0.00486. The van der Waals surface area contributed by atoms with Gasteiger partial charge in [-0.15, -0.1) is 0 Å². The molecule has 0 unspecified atom stereocenters. The third-order valence-corrected chi connectivity index (χ3v) is 1.68. The largest absolute Gasteiger partial charge is 0.374 e. The lowest BCUT2D eigenvalue weighted by Crippen LogP contribution is -2.02. The van der Waals surface area contributed by atoms with Crippen LogP contribution in [0.4, 0.5) is 11.4 Å². The first-order chi connectivity index (χ1) is 6.63. The fourth-order valence-electron chi connectivity index (χ4n) is 1.05. The Morgan fingerprint density at radius 1 is 1.57 bits per heavy atom. The van der Waals surface area contributed by atoms with E-state index >= 15 is 0 Å². The van der Waals surface area contributed by atoms with Crippen LogP contribution in [0.15, 0.2) is 23.2 Å². The lowest BCUT2D eigenvalue weighted by atomic mass is 10.2. The first-order valence-electron chi connectivity index (χ1n) is 4.03. The third kappa shape index (κ3) is 2.90. The van der Waals surface area contributed by atoms with Gasteiger partial charge in [0, 0.05) is 0 Å². The molecule has 4 nitrogen and oxygen atoms in total. The van der Waals surface area contributed by atoms with E-state index < -0.39 is 0 Å². The predicted molar refractivity (Wildman–Crippen MR) is 58.9 cm³/mol. The lowest BCUT2D eigenvalue weighted by Gasteiger charge is -2.07. The summed E-state index contributed by atoms with van der Waals surface area (Å²) in [6, 6.07) is 5.64. The summed E-state index contributed by atoms with van der Waals surface area (Å²) in [6.07, 6.45) is 0. The Kier molecular flexibility index (Phi) is 3.73. The molecule has 0 spiro atoms. The molecule has 0 aliphatic carbocycles.